The van der Waals surface area contributed by atoms with E-state index in [-0.39, 0.29) is 5.66 Å². The molecule has 4 aromatic rings. The second-order valence-electron chi connectivity index (χ2n) is 8.53. The molecule has 0 bridgehead atoms. The fourth-order valence-electron chi connectivity index (χ4n) is 4.56. The lowest BCUT2D eigenvalue weighted by Crippen LogP contribution is -2.38. The van der Waals surface area contributed by atoms with E-state index in [9.17, 15) is 5.11 Å². The average Bonchev–Trinajstić information content (AvgIpc) is 2.91. The Balaban J connectivity index is 1.88. The van der Waals surface area contributed by atoms with Crippen LogP contribution in [0.5, 0.6) is 0 Å². The molecule has 2 nitrogen and oxygen atoms in total. The van der Waals surface area contributed by atoms with Crippen molar-refractivity contribution in [3.05, 3.63) is 121 Å². The molecular weight excluding hydrogens is 454 g/mol. The van der Waals surface area contributed by atoms with Crippen molar-refractivity contribution < 1.29 is 9.67 Å². The molecular formula is C30H32O2P2. The maximum atomic E-state index is 15.3. The Kier molecular flexibility index (Phi) is 8.52. The van der Waals surface area contributed by atoms with Gasteiger partial charge in [-0.3, -0.25) is 0 Å². The Labute approximate surface area is 204 Å². The standard InChI is InChI=1S/C30H32O2P2/c1-2-15-29(31)30(24-33(25-16-7-3-8-17-25)26-18-9-4-10-19-26)34(32,27-20-11-5-12-21-27)28-22-13-6-14-23-28/h3-14,16-23,29-31H,2,15,24H2,1H3/t29-,30+/m1/s1. The lowest BCUT2D eigenvalue weighted by atomic mass is 10.1. The summed E-state index contributed by atoms with van der Waals surface area (Å²) in [6.07, 6.45) is 1.47. The van der Waals surface area contributed by atoms with Crippen LogP contribution >= 0.6 is 15.1 Å². The second kappa shape index (κ2) is 11.8. The largest absolute Gasteiger partial charge is 0.392 e. The third-order valence-corrected chi connectivity index (χ3v) is 12.8. The molecule has 0 unspecified atom stereocenters. The molecule has 0 aromatic heterocycles. The molecule has 0 aliphatic heterocycles. The van der Waals surface area contributed by atoms with Crippen LogP contribution in [0.3, 0.4) is 0 Å². The van der Waals surface area contributed by atoms with E-state index < -0.39 is 21.2 Å². The molecule has 0 amide bonds. The van der Waals surface area contributed by atoms with Crippen LogP contribution in [-0.4, -0.2) is 23.0 Å². The van der Waals surface area contributed by atoms with Crippen molar-refractivity contribution in [2.45, 2.75) is 31.5 Å². The Hall–Kier alpha value is -2.50. The van der Waals surface area contributed by atoms with E-state index in [0.717, 1.165) is 17.0 Å². The van der Waals surface area contributed by atoms with Gasteiger partial charge in [-0.25, -0.2) is 0 Å². The van der Waals surface area contributed by atoms with E-state index in [1.807, 2.05) is 72.8 Å². The van der Waals surface area contributed by atoms with Gasteiger partial charge in [0.25, 0.3) is 0 Å². The summed E-state index contributed by atoms with van der Waals surface area (Å²) in [4.78, 5) is 0. The number of rotatable bonds is 10. The number of hydrogen-bond acceptors (Lipinski definition) is 2. The second-order valence-corrected chi connectivity index (χ2v) is 13.8. The van der Waals surface area contributed by atoms with Crippen LogP contribution in [0.15, 0.2) is 121 Å². The molecule has 0 saturated carbocycles. The fourth-order valence-corrected chi connectivity index (χ4v) is 11.3. The maximum Gasteiger partial charge on any atom is 0.149 e. The number of aliphatic hydroxyl groups excluding tert-OH is 1. The van der Waals surface area contributed by atoms with Crippen LogP contribution in [0, 0.1) is 0 Å². The van der Waals surface area contributed by atoms with Crippen molar-refractivity contribution in [1.82, 2.24) is 0 Å². The first-order valence-corrected chi connectivity index (χ1v) is 15.2. The molecule has 34 heavy (non-hydrogen) atoms. The van der Waals surface area contributed by atoms with Crippen LogP contribution in [-0.2, 0) is 4.57 Å². The third-order valence-electron chi connectivity index (χ3n) is 6.28. The number of aliphatic hydroxyl groups is 1. The van der Waals surface area contributed by atoms with Gasteiger partial charge in [0.1, 0.15) is 7.14 Å². The summed E-state index contributed by atoms with van der Waals surface area (Å²) in [5, 5.41) is 15.7. The molecule has 0 radical (unpaired) electrons. The highest BCUT2D eigenvalue weighted by molar-refractivity contribution is 7.81. The van der Waals surface area contributed by atoms with Crippen molar-refractivity contribution in [1.29, 1.82) is 0 Å². The minimum absolute atomic E-state index is 0.385. The van der Waals surface area contributed by atoms with Gasteiger partial charge in [-0.2, -0.15) is 0 Å². The lowest BCUT2D eigenvalue weighted by molar-refractivity contribution is 0.163. The van der Waals surface area contributed by atoms with E-state index >= 15 is 4.57 Å². The Bertz CT molecular complexity index is 1100. The van der Waals surface area contributed by atoms with Crippen molar-refractivity contribution >= 4 is 36.3 Å². The van der Waals surface area contributed by atoms with Gasteiger partial charge in [0.15, 0.2) is 0 Å². The van der Waals surface area contributed by atoms with E-state index in [4.69, 9.17) is 0 Å². The van der Waals surface area contributed by atoms with Crippen LogP contribution in [0.25, 0.3) is 0 Å². The van der Waals surface area contributed by atoms with E-state index in [1.54, 1.807) is 0 Å². The Morgan fingerprint density at radius 2 is 1.06 bits per heavy atom. The van der Waals surface area contributed by atoms with Crippen LogP contribution < -0.4 is 21.2 Å². The summed E-state index contributed by atoms with van der Waals surface area (Å²) < 4.78 is 15.3. The van der Waals surface area contributed by atoms with Gasteiger partial charge in [-0.1, -0.05) is 135 Å². The Morgan fingerprint density at radius 1 is 0.676 bits per heavy atom. The monoisotopic (exact) mass is 486 g/mol. The highest BCUT2D eigenvalue weighted by Gasteiger charge is 2.42. The summed E-state index contributed by atoms with van der Waals surface area (Å²) in [7, 11) is -3.96. The van der Waals surface area contributed by atoms with Crippen molar-refractivity contribution in [2.24, 2.45) is 0 Å². The van der Waals surface area contributed by atoms with Gasteiger partial charge in [0.05, 0.1) is 11.8 Å². The Morgan fingerprint density at radius 3 is 1.44 bits per heavy atom. The average molecular weight is 487 g/mol. The summed E-state index contributed by atoms with van der Waals surface area (Å²) >= 11 is 0. The minimum atomic E-state index is -3.15. The van der Waals surface area contributed by atoms with Gasteiger partial charge in [-0.15, -0.1) is 0 Å². The zero-order chi connectivity index (χ0) is 23.8. The molecule has 0 saturated heterocycles. The van der Waals surface area contributed by atoms with Gasteiger partial charge < -0.3 is 9.67 Å². The predicted octanol–water partition coefficient (Wildman–Crippen LogP) is 5.66. The highest BCUT2D eigenvalue weighted by atomic mass is 31.2. The van der Waals surface area contributed by atoms with Crippen LogP contribution in [0.4, 0.5) is 0 Å². The van der Waals surface area contributed by atoms with Gasteiger partial charge in [-0.05, 0) is 31.1 Å². The molecule has 0 aliphatic rings. The van der Waals surface area contributed by atoms with E-state index in [1.165, 1.54) is 10.6 Å². The first kappa shape index (κ1) is 24.6. The molecule has 0 fully saturated rings. The summed E-state index contributed by atoms with van der Waals surface area (Å²) in [5.74, 6) is 0. The smallest absolute Gasteiger partial charge is 0.149 e. The van der Waals surface area contributed by atoms with Gasteiger partial charge >= 0.3 is 0 Å². The molecule has 0 aliphatic carbocycles. The molecule has 174 valence electrons. The first-order chi connectivity index (χ1) is 16.6. The van der Waals surface area contributed by atoms with Gasteiger partial charge in [0, 0.05) is 10.6 Å². The maximum absolute atomic E-state index is 15.3. The zero-order valence-electron chi connectivity index (χ0n) is 19.6. The molecule has 0 spiro atoms. The summed E-state index contributed by atoms with van der Waals surface area (Å²) in [6, 6.07) is 40.6. The van der Waals surface area contributed by atoms with Crippen molar-refractivity contribution in [3.8, 4) is 0 Å². The predicted molar refractivity (Wildman–Crippen MR) is 148 cm³/mol. The summed E-state index contributed by atoms with van der Waals surface area (Å²) in [5.41, 5.74) is -0.385. The van der Waals surface area contributed by atoms with Crippen LogP contribution in [0.2, 0.25) is 0 Å². The summed E-state index contributed by atoms with van der Waals surface area (Å²) in [6.45, 7) is 2.08. The molecule has 4 heteroatoms. The number of benzene rings is 4. The third kappa shape index (κ3) is 5.42. The van der Waals surface area contributed by atoms with E-state index in [2.05, 4.69) is 55.5 Å². The first-order valence-electron chi connectivity index (χ1n) is 11.9. The molecule has 2 atom stereocenters. The number of hydrogen-bond donors (Lipinski definition) is 1. The van der Waals surface area contributed by atoms with Gasteiger partial charge in [0.2, 0.25) is 0 Å². The molecule has 0 heterocycles. The highest BCUT2D eigenvalue weighted by Crippen LogP contribution is 2.54. The van der Waals surface area contributed by atoms with E-state index in [0.29, 0.717) is 12.6 Å². The lowest BCUT2D eigenvalue weighted by Gasteiger charge is -2.35. The molecule has 1 N–H and O–H groups in total. The van der Waals surface area contributed by atoms with Crippen molar-refractivity contribution in [2.75, 3.05) is 6.16 Å². The zero-order valence-corrected chi connectivity index (χ0v) is 21.4. The topological polar surface area (TPSA) is 37.3 Å². The molecule has 4 rings (SSSR count). The SMILES string of the molecule is CCC[C@@H](O)[C@H](CP(c1ccccc1)c1ccccc1)P(=O)(c1ccccc1)c1ccccc1. The van der Waals surface area contributed by atoms with Crippen LogP contribution in [0.1, 0.15) is 19.8 Å². The fraction of sp³-hybridized carbons (Fsp3) is 0.200. The minimum Gasteiger partial charge on any atom is -0.392 e. The van der Waals surface area contributed by atoms with Crippen molar-refractivity contribution in [3.63, 3.8) is 0 Å². The normalized spacial score (nSPS) is 13.5. The quantitative estimate of drug-likeness (QED) is 0.294. The molecule has 4 aromatic carbocycles.